The van der Waals surface area contributed by atoms with Gasteiger partial charge < -0.3 is 0 Å². The Labute approximate surface area is 90.3 Å². The number of benzene rings is 1. The fourth-order valence-corrected chi connectivity index (χ4v) is 1.94. The molecule has 1 rings (SSSR count). The maximum absolute atomic E-state index is 11.4. The number of rotatable bonds is 4. The van der Waals surface area contributed by atoms with Crippen molar-refractivity contribution in [2.75, 3.05) is 0 Å². The fraction of sp³-hybridized carbons (Fsp3) is 0.385. The lowest BCUT2D eigenvalue weighted by Gasteiger charge is -2.19. The third-order valence-electron chi connectivity index (χ3n) is 2.70. The highest BCUT2D eigenvalue weighted by Gasteiger charge is 2.27. The highest BCUT2D eigenvalue weighted by Crippen LogP contribution is 2.25. The number of Topliss-reactive ketones (excluding diaryl/α,β-unsaturated/α-hetero) is 2. The van der Waals surface area contributed by atoms with Gasteiger partial charge in [-0.3, -0.25) is 9.59 Å². The van der Waals surface area contributed by atoms with Crippen LogP contribution in [0.5, 0.6) is 0 Å². The first-order chi connectivity index (χ1) is 7.04. The molecule has 2 heteroatoms. The second kappa shape index (κ2) is 4.87. The molecule has 0 unspecified atom stereocenters. The lowest BCUT2D eigenvalue weighted by molar-refractivity contribution is -0.131. The van der Waals surface area contributed by atoms with E-state index in [9.17, 15) is 9.59 Å². The molecule has 0 fully saturated rings. The lowest BCUT2D eigenvalue weighted by atomic mass is 9.83. The van der Waals surface area contributed by atoms with Crippen LogP contribution >= 0.6 is 0 Å². The molecule has 1 aromatic rings. The van der Waals surface area contributed by atoms with Crippen molar-refractivity contribution in [3.63, 3.8) is 0 Å². The minimum Gasteiger partial charge on any atom is -0.299 e. The van der Waals surface area contributed by atoms with Crippen molar-refractivity contribution in [2.45, 2.75) is 26.7 Å². The van der Waals surface area contributed by atoms with Gasteiger partial charge in [0, 0.05) is 0 Å². The Morgan fingerprint density at radius 2 is 1.47 bits per heavy atom. The van der Waals surface area contributed by atoms with Crippen molar-refractivity contribution in [3.8, 4) is 0 Å². The zero-order valence-electron chi connectivity index (χ0n) is 9.36. The average molecular weight is 204 g/mol. The highest BCUT2D eigenvalue weighted by atomic mass is 16.1. The first-order valence-corrected chi connectivity index (χ1v) is 5.10. The molecule has 0 aliphatic carbocycles. The molecular weight excluding hydrogens is 188 g/mol. The molecule has 0 heterocycles. The van der Waals surface area contributed by atoms with Crippen molar-refractivity contribution >= 4 is 11.6 Å². The van der Waals surface area contributed by atoms with E-state index in [-0.39, 0.29) is 17.5 Å². The summed E-state index contributed by atoms with van der Waals surface area (Å²) in [5.41, 5.74) is 1.04. The van der Waals surface area contributed by atoms with Crippen LogP contribution in [0.2, 0.25) is 0 Å². The van der Waals surface area contributed by atoms with Gasteiger partial charge in [0.15, 0.2) is 0 Å². The topological polar surface area (TPSA) is 34.1 Å². The molecule has 15 heavy (non-hydrogen) atoms. The number of carbonyl (C=O) groups excluding carboxylic acids is 2. The molecule has 0 N–H and O–H groups in total. The monoisotopic (exact) mass is 204 g/mol. The number of hydrogen-bond acceptors (Lipinski definition) is 2. The highest BCUT2D eigenvalue weighted by molar-refractivity contribution is 6.01. The molecule has 1 aromatic carbocycles. The van der Waals surface area contributed by atoms with Gasteiger partial charge in [-0.05, 0) is 25.3 Å². The number of hydrogen-bond donors (Lipinski definition) is 0. The molecule has 0 aliphatic rings. The second-order valence-corrected chi connectivity index (χ2v) is 3.90. The minimum atomic E-state index is -0.507. The SMILES string of the molecule is CC(=O)C(C(C)=O)[C@H](C)c1ccccc1. The number of carbonyl (C=O) groups is 2. The molecule has 0 aliphatic heterocycles. The van der Waals surface area contributed by atoms with Crippen LogP contribution in [0.1, 0.15) is 32.3 Å². The van der Waals surface area contributed by atoms with Gasteiger partial charge in [0.25, 0.3) is 0 Å². The predicted molar refractivity (Wildman–Crippen MR) is 59.7 cm³/mol. The van der Waals surface area contributed by atoms with Crippen LogP contribution in [0, 0.1) is 5.92 Å². The van der Waals surface area contributed by atoms with Gasteiger partial charge in [-0.2, -0.15) is 0 Å². The number of ketones is 2. The maximum atomic E-state index is 11.4. The molecule has 0 bridgehead atoms. The maximum Gasteiger partial charge on any atom is 0.140 e. The minimum absolute atomic E-state index is 0.0406. The van der Waals surface area contributed by atoms with Gasteiger partial charge in [-0.1, -0.05) is 37.3 Å². The normalized spacial score (nSPS) is 12.5. The zero-order valence-corrected chi connectivity index (χ0v) is 9.36. The summed E-state index contributed by atoms with van der Waals surface area (Å²) in [6.07, 6.45) is 0. The van der Waals surface area contributed by atoms with Gasteiger partial charge in [-0.15, -0.1) is 0 Å². The summed E-state index contributed by atoms with van der Waals surface area (Å²) >= 11 is 0. The lowest BCUT2D eigenvalue weighted by Crippen LogP contribution is -2.25. The van der Waals surface area contributed by atoms with Gasteiger partial charge in [0.1, 0.15) is 11.6 Å². The molecule has 0 amide bonds. The molecule has 0 saturated carbocycles. The van der Waals surface area contributed by atoms with Crippen molar-refractivity contribution in [3.05, 3.63) is 35.9 Å². The Morgan fingerprint density at radius 1 is 1.00 bits per heavy atom. The Morgan fingerprint density at radius 3 is 1.87 bits per heavy atom. The summed E-state index contributed by atoms with van der Waals surface area (Å²) in [7, 11) is 0. The van der Waals surface area contributed by atoms with E-state index in [0.29, 0.717) is 0 Å². The Hall–Kier alpha value is -1.44. The first kappa shape index (κ1) is 11.6. The molecule has 1 atom stereocenters. The Balaban J connectivity index is 2.96. The first-order valence-electron chi connectivity index (χ1n) is 5.10. The van der Waals surface area contributed by atoms with Crippen LogP contribution in [0.3, 0.4) is 0 Å². The van der Waals surface area contributed by atoms with E-state index >= 15 is 0 Å². The Bertz CT molecular complexity index is 340. The molecule has 0 radical (unpaired) electrons. The fourth-order valence-electron chi connectivity index (χ4n) is 1.94. The van der Waals surface area contributed by atoms with E-state index in [4.69, 9.17) is 0 Å². The van der Waals surface area contributed by atoms with Crippen LogP contribution in [-0.4, -0.2) is 11.6 Å². The van der Waals surface area contributed by atoms with E-state index in [1.807, 2.05) is 37.3 Å². The molecule has 2 nitrogen and oxygen atoms in total. The quantitative estimate of drug-likeness (QED) is 0.706. The van der Waals surface area contributed by atoms with E-state index in [1.165, 1.54) is 13.8 Å². The summed E-state index contributed by atoms with van der Waals surface area (Å²) in [6.45, 7) is 4.87. The van der Waals surface area contributed by atoms with Gasteiger partial charge in [0.2, 0.25) is 0 Å². The van der Waals surface area contributed by atoms with Crippen LogP contribution in [0.4, 0.5) is 0 Å². The summed E-state index contributed by atoms with van der Waals surface area (Å²) < 4.78 is 0. The van der Waals surface area contributed by atoms with Crippen molar-refractivity contribution in [2.24, 2.45) is 5.92 Å². The average Bonchev–Trinajstić information content (AvgIpc) is 2.18. The molecule has 0 saturated heterocycles. The molecule has 80 valence electrons. The smallest absolute Gasteiger partial charge is 0.140 e. The van der Waals surface area contributed by atoms with Crippen molar-refractivity contribution < 1.29 is 9.59 Å². The summed E-state index contributed by atoms with van der Waals surface area (Å²) in [5, 5.41) is 0. The molecule has 0 spiro atoms. The summed E-state index contributed by atoms with van der Waals surface area (Å²) in [6, 6.07) is 9.66. The largest absolute Gasteiger partial charge is 0.299 e. The van der Waals surface area contributed by atoms with Crippen LogP contribution in [0.15, 0.2) is 30.3 Å². The van der Waals surface area contributed by atoms with Crippen molar-refractivity contribution in [1.29, 1.82) is 0 Å². The van der Waals surface area contributed by atoms with E-state index in [1.54, 1.807) is 0 Å². The van der Waals surface area contributed by atoms with Crippen molar-refractivity contribution in [1.82, 2.24) is 0 Å². The van der Waals surface area contributed by atoms with E-state index in [0.717, 1.165) is 5.56 Å². The summed E-state index contributed by atoms with van der Waals surface area (Å²) in [4.78, 5) is 22.8. The summed E-state index contributed by atoms with van der Waals surface area (Å²) in [5.74, 6) is -0.661. The van der Waals surface area contributed by atoms with Crippen LogP contribution in [0.25, 0.3) is 0 Å². The zero-order chi connectivity index (χ0) is 11.4. The second-order valence-electron chi connectivity index (χ2n) is 3.90. The van der Waals surface area contributed by atoms with E-state index < -0.39 is 5.92 Å². The standard InChI is InChI=1S/C13H16O2/c1-9(12-7-5-4-6-8-12)13(10(2)14)11(3)15/h4-9,13H,1-3H3/t9-/m1/s1. The molecule has 0 aromatic heterocycles. The van der Waals surface area contributed by atoms with Gasteiger partial charge in [0.05, 0.1) is 5.92 Å². The molecular formula is C13H16O2. The van der Waals surface area contributed by atoms with Crippen LogP contribution in [-0.2, 0) is 9.59 Å². The van der Waals surface area contributed by atoms with Gasteiger partial charge in [-0.25, -0.2) is 0 Å². The van der Waals surface area contributed by atoms with Crippen LogP contribution < -0.4 is 0 Å². The predicted octanol–water partition coefficient (Wildman–Crippen LogP) is 2.58. The third-order valence-corrected chi connectivity index (χ3v) is 2.70. The van der Waals surface area contributed by atoms with Gasteiger partial charge >= 0.3 is 0 Å². The Kier molecular flexibility index (Phi) is 3.78. The third kappa shape index (κ3) is 2.75. The van der Waals surface area contributed by atoms with E-state index in [2.05, 4.69) is 0 Å².